The molecule has 0 aliphatic rings. The predicted octanol–water partition coefficient (Wildman–Crippen LogP) is 1.92. The molecular weight excluding hydrogens is 226 g/mol. The zero-order valence-corrected chi connectivity index (χ0v) is 11.1. The van der Waals surface area contributed by atoms with Gasteiger partial charge in [-0.05, 0) is 26.3 Å². The zero-order chi connectivity index (χ0) is 13.3. The summed E-state index contributed by atoms with van der Waals surface area (Å²) >= 11 is 0. The zero-order valence-electron chi connectivity index (χ0n) is 11.1. The minimum Gasteiger partial charge on any atom is -0.393 e. The molecule has 0 fully saturated rings. The maximum Gasteiger partial charge on any atom is 0.290 e. The molecule has 2 N–H and O–H groups in total. The number of nitrogens with two attached hydrogens (primary N) is 1. The minimum absolute atomic E-state index is 0.101. The lowest BCUT2D eigenvalue weighted by Crippen LogP contribution is -2.24. The van der Waals surface area contributed by atoms with E-state index in [2.05, 4.69) is 6.07 Å². The highest BCUT2D eigenvalue weighted by Crippen LogP contribution is 2.10. The lowest BCUT2D eigenvalue weighted by molar-refractivity contribution is 0.479. The smallest absolute Gasteiger partial charge is 0.290 e. The Morgan fingerprint density at radius 1 is 1.22 bits per heavy atom. The van der Waals surface area contributed by atoms with Crippen LogP contribution in [0.3, 0.4) is 0 Å². The van der Waals surface area contributed by atoms with Crippen LogP contribution in [0.2, 0.25) is 0 Å². The molecule has 0 bridgehead atoms. The lowest BCUT2D eigenvalue weighted by Gasteiger charge is -2.11. The summed E-state index contributed by atoms with van der Waals surface area (Å²) in [7, 11) is 0. The van der Waals surface area contributed by atoms with Crippen LogP contribution < -0.4 is 11.3 Å². The van der Waals surface area contributed by atoms with E-state index in [0.29, 0.717) is 12.2 Å². The van der Waals surface area contributed by atoms with Crippen LogP contribution in [0, 0.1) is 13.8 Å². The summed E-state index contributed by atoms with van der Waals surface area (Å²) in [6.07, 6.45) is 0. The fourth-order valence-corrected chi connectivity index (χ4v) is 2.27. The molecule has 0 spiro atoms. The quantitative estimate of drug-likeness (QED) is 0.898. The van der Waals surface area contributed by atoms with Crippen molar-refractivity contribution in [3.63, 3.8) is 0 Å². The molecule has 18 heavy (non-hydrogen) atoms. The fraction of sp³-hybridized carbons (Fsp3) is 0.357. The number of aromatic nitrogens is 2. The van der Waals surface area contributed by atoms with E-state index in [0.717, 1.165) is 17.8 Å². The van der Waals surface area contributed by atoms with Crippen LogP contribution in [-0.2, 0) is 13.1 Å². The minimum atomic E-state index is -0.101. The molecule has 0 saturated carbocycles. The topological polar surface area (TPSA) is 52.9 Å². The number of nitrogen functional groups attached to an aromatic ring is 1. The normalized spacial score (nSPS) is 10.8. The molecule has 0 saturated heterocycles. The van der Waals surface area contributed by atoms with Gasteiger partial charge in [0.05, 0.1) is 12.2 Å². The molecule has 2 aromatic rings. The summed E-state index contributed by atoms with van der Waals surface area (Å²) in [5, 5.41) is 0. The first-order valence-electron chi connectivity index (χ1n) is 6.15. The van der Waals surface area contributed by atoms with Gasteiger partial charge in [-0.15, -0.1) is 0 Å². The summed E-state index contributed by atoms with van der Waals surface area (Å²) in [6.45, 7) is 7.24. The van der Waals surface area contributed by atoms with Crippen LogP contribution >= 0.6 is 0 Å². The third-order valence-electron chi connectivity index (χ3n) is 3.25. The molecule has 2 rings (SSSR count). The molecule has 0 unspecified atom stereocenters. The first-order chi connectivity index (χ1) is 8.54. The summed E-state index contributed by atoms with van der Waals surface area (Å²) in [6, 6.07) is 8.17. The Kier molecular flexibility index (Phi) is 3.28. The third-order valence-corrected chi connectivity index (χ3v) is 3.25. The molecule has 96 valence electrons. The Morgan fingerprint density at radius 2 is 1.94 bits per heavy atom. The summed E-state index contributed by atoms with van der Waals surface area (Å²) in [4.78, 5) is 12.1. The van der Waals surface area contributed by atoms with Gasteiger partial charge in [0.25, 0.3) is 5.56 Å². The average Bonchev–Trinajstić information content (AvgIpc) is 2.54. The molecule has 1 heterocycles. The second kappa shape index (κ2) is 4.72. The van der Waals surface area contributed by atoms with Crippen molar-refractivity contribution in [3.8, 4) is 0 Å². The van der Waals surface area contributed by atoms with Crippen LogP contribution in [-0.4, -0.2) is 9.36 Å². The predicted molar refractivity (Wildman–Crippen MR) is 73.8 cm³/mol. The van der Waals surface area contributed by atoms with E-state index in [4.69, 9.17) is 5.73 Å². The Labute approximate surface area is 107 Å². The molecule has 0 aliphatic carbocycles. The number of aryl methyl sites for hydroxylation is 1. The van der Waals surface area contributed by atoms with E-state index in [1.165, 1.54) is 5.56 Å². The van der Waals surface area contributed by atoms with Crippen LogP contribution in [0.25, 0.3) is 0 Å². The summed E-state index contributed by atoms with van der Waals surface area (Å²) in [5.41, 5.74) is 9.21. The number of rotatable bonds is 3. The molecule has 0 atom stereocenters. The highest BCUT2D eigenvalue weighted by Gasteiger charge is 2.13. The number of hydrogen-bond donors (Lipinski definition) is 1. The van der Waals surface area contributed by atoms with E-state index in [1.807, 2.05) is 43.7 Å². The first-order valence-corrected chi connectivity index (χ1v) is 6.15. The molecule has 0 amide bonds. The second-order valence-corrected chi connectivity index (χ2v) is 4.57. The van der Waals surface area contributed by atoms with E-state index < -0.39 is 0 Å². The van der Waals surface area contributed by atoms with E-state index in [9.17, 15) is 4.79 Å². The van der Waals surface area contributed by atoms with Gasteiger partial charge in [0, 0.05) is 6.54 Å². The molecular formula is C14H19N3O. The molecule has 4 heteroatoms. The van der Waals surface area contributed by atoms with Crippen LogP contribution in [0.15, 0.2) is 29.1 Å². The van der Waals surface area contributed by atoms with Crippen molar-refractivity contribution in [2.45, 2.75) is 33.9 Å². The Morgan fingerprint density at radius 3 is 2.56 bits per heavy atom. The fourth-order valence-electron chi connectivity index (χ4n) is 2.27. The standard InChI is InChI=1S/C14H19N3O/c1-4-16-11(3)13(15)14(18)17(16)9-12-7-5-6-10(2)8-12/h5-8H,4,9,15H2,1-3H3. The Hall–Kier alpha value is -1.97. The number of benzene rings is 1. The Bertz CT molecular complexity index is 622. The van der Waals surface area contributed by atoms with Crippen molar-refractivity contribution >= 4 is 5.69 Å². The third kappa shape index (κ3) is 2.06. The SMILES string of the molecule is CCn1c(C)c(N)c(=O)n1Cc1cccc(C)c1. The van der Waals surface area contributed by atoms with Crippen molar-refractivity contribution in [1.82, 2.24) is 9.36 Å². The summed E-state index contributed by atoms with van der Waals surface area (Å²) < 4.78 is 3.64. The molecule has 4 nitrogen and oxygen atoms in total. The highest BCUT2D eigenvalue weighted by atomic mass is 16.1. The highest BCUT2D eigenvalue weighted by molar-refractivity contribution is 5.40. The maximum absolute atomic E-state index is 12.1. The van der Waals surface area contributed by atoms with E-state index in [-0.39, 0.29) is 5.56 Å². The number of nitrogens with zero attached hydrogens (tertiary/aromatic N) is 2. The van der Waals surface area contributed by atoms with Gasteiger partial charge in [-0.25, -0.2) is 4.68 Å². The van der Waals surface area contributed by atoms with Gasteiger partial charge < -0.3 is 5.73 Å². The first kappa shape index (κ1) is 12.5. The number of anilines is 1. The second-order valence-electron chi connectivity index (χ2n) is 4.57. The summed E-state index contributed by atoms with van der Waals surface area (Å²) in [5.74, 6) is 0. The van der Waals surface area contributed by atoms with Gasteiger partial charge in [-0.1, -0.05) is 29.8 Å². The lowest BCUT2D eigenvalue weighted by atomic mass is 10.1. The van der Waals surface area contributed by atoms with Gasteiger partial charge in [0.2, 0.25) is 0 Å². The van der Waals surface area contributed by atoms with Crippen molar-refractivity contribution in [3.05, 3.63) is 51.4 Å². The van der Waals surface area contributed by atoms with Crippen LogP contribution in [0.5, 0.6) is 0 Å². The largest absolute Gasteiger partial charge is 0.393 e. The molecule has 0 radical (unpaired) electrons. The maximum atomic E-state index is 12.1. The van der Waals surface area contributed by atoms with Gasteiger partial charge in [-0.3, -0.25) is 9.48 Å². The van der Waals surface area contributed by atoms with Crippen molar-refractivity contribution in [2.24, 2.45) is 0 Å². The van der Waals surface area contributed by atoms with Gasteiger partial charge in [0.15, 0.2) is 0 Å². The monoisotopic (exact) mass is 245 g/mol. The average molecular weight is 245 g/mol. The van der Waals surface area contributed by atoms with E-state index in [1.54, 1.807) is 4.68 Å². The van der Waals surface area contributed by atoms with Crippen molar-refractivity contribution in [2.75, 3.05) is 5.73 Å². The van der Waals surface area contributed by atoms with Crippen molar-refractivity contribution < 1.29 is 0 Å². The van der Waals surface area contributed by atoms with Gasteiger partial charge in [0.1, 0.15) is 5.69 Å². The molecule has 1 aromatic carbocycles. The van der Waals surface area contributed by atoms with E-state index >= 15 is 0 Å². The van der Waals surface area contributed by atoms with Crippen LogP contribution in [0.1, 0.15) is 23.7 Å². The van der Waals surface area contributed by atoms with Crippen molar-refractivity contribution in [1.29, 1.82) is 0 Å². The molecule has 0 aliphatic heterocycles. The van der Waals surface area contributed by atoms with Crippen LogP contribution in [0.4, 0.5) is 5.69 Å². The van der Waals surface area contributed by atoms with Gasteiger partial charge in [-0.2, -0.15) is 0 Å². The van der Waals surface area contributed by atoms with Gasteiger partial charge >= 0.3 is 0 Å². The number of hydrogen-bond acceptors (Lipinski definition) is 2. The molecule has 1 aromatic heterocycles. The Balaban J connectivity index is 2.46.